The predicted octanol–water partition coefficient (Wildman–Crippen LogP) is 3.04. The number of benzene rings is 1. The molecule has 0 N–H and O–H groups in total. The van der Waals surface area contributed by atoms with Gasteiger partial charge in [-0.1, -0.05) is 23.7 Å². The summed E-state index contributed by atoms with van der Waals surface area (Å²) in [5.74, 6) is -0.230. The van der Waals surface area contributed by atoms with Crippen LogP contribution in [0.5, 0.6) is 0 Å². The van der Waals surface area contributed by atoms with Crippen molar-refractivity contribution in [3.8, 4) is 0 Å². The molecule has 0 aromatic heterocycles. The molecule has 0 saturated carbocycles. The van der Waals surface area contributed by atoms with Gasteiger partial charge in [0.25, 0.3) is 0 Å². The smallest absolute Gasteiger partial charge is 0.123 e. The van der Waals surface area contributed by atoms with Crippen molar-refractivity contribution < 1.29 is 4.39 Å². The third-order valence-corrected chi connectivity index (χ3v) is 1.25. The van der Waals surface area contributed by atoms with Crippen molar-refractivity contribution in [1.29, 1.82) is 0 Å². The highest BCUT2D eigenvalue weighted by molar-refractivity contribution is 6.27. The Balaban J connectivity index is 2.89. The van der Waals surface area contributed by atoms with Gasteiger partial charge in [0.15, 0.2) is 0 Å². The van der Waals surface area contributed by atoms with Crippen molar-refractivity contribution in [3.05, 3.63) is 41.2 Å². The first kappa shape index (κ1) is 7.29. The van der Waals surface area contributed by atoms with Gasteiger partial charge in [-0.2, -0.15) is 0 Å². The lowest BCUT2D eigenvalue weighted by atomic mass is 10.2. The molecule has 0 radical (unpaired) electrons. The van der Waals surface area contributed by atoms with Crippen LogP contribution in [0, 0.1) is 5.82 Å². The molecule has 1 aromatic rings. The van der Waals surface area contributed by atoms with Gasteiger partial charge in [0.2, 0.25) is 0 Å². The molecule has 0 amide bonds. The second kappa shape index (κ2) is 3.37. The van der Waals surface area contributed by atoms with Crippen LogP contribution in [-0.4, -0.2) is 0 Å². The van der Waals surface area contributed by atoms with Crippen LogP contribution < -0.4 is 0 Å². The standard InChI is InChI=1S/C8H6ClF/c9-6-5-7-1-3-8(10)4-2-7/h1-6H/b6-5+. The average Bonchev–Trinajstić information content (AvgIpc) is 1.95. The summed E-state index contributed by atoms with van der Waals surface area (Å²) in [5, 5.41) is 0. The molecule has 0 unspecified atom stereocenters. The number of hydrogen-bond donors (Lipinski definition) is 0. The molecular weight excluding hydrogens is 151 g/mol. The monoisotopic (exact) mass is 156 g/mol. The molecule has 0 nitrogen and oxygen atoms in total. The molecule has 1 rings (SSSR count). The van der Waals surface area contributed by atoms with Crippen molar-refractivity contribution in [2.24, 2.45) is 0 Å². The quantitative estimate of drug-likeness (QED) is 0.586. The maximum atomic E-state index is 12.3. The molecule has 0 bridgehead atoms. The second-order valence-corrected chi connectivity index (χ2v) is 2.10. The molecule has 0 heterocycles. The molecule has 0 aliphatic heterocycles. The molecule has 0 aliphatic rings. The minimum Gasteiger partial charge on any atom is -0.207 e. The van der Waals surface area contributed by atoms with E-state index in [1.54, 1.807) is 18.2 Å². The van der Waals surface area contributed by atoms with Gasteiger partial charge in [-0.15, -0.1) is 0 Å². The van der Waals surface area contributed by atoms with Gasteiger partial charge in [-0.3, -0.25) is 0 Å². The number of hydrogen-bond acceptors (Lipinski definition) is 0. The van der Waals surface area contributed by atoms with E-state index in [0.29, 0.717) is 0 Å². The Morgan fingerprint density at radius 2 is 1.80 bits per heavy atom. The zero-order valence-electron chi connectivity index (χ0n) is 5.22. The Bertz CT molecular complexity index is 226. The van der Waals surface area contributed by atoms with Crippen molar-refractivity contribution in [1.82, 2.24) is 0 Å². The van der Waals surface area contributed by atoms with Gasteiger partial charge in [0.05, 0.1) is 0 Å². The first-order valence-corrected chi connectivity index (χ1v) is 3.29. The highest BCUT2D eigenvalue weighted by atomic mass is 35.5. The molecule has 0 fully saturated rings. The molecule has 52 valence electrons. The van der Waals surface area contributed by atoms with Gasteiger partial charge in [-0.25, -0.2) is 4.39 Å². The van der Waals surface area contributed by atoms with Crippen LogP contribution in [0.25, 0.3) is 6.08 Å². The van der Waals surface area contributed by atoms with Crippen molar-refractivity contribution >= 4 is 17.7 Å². The summed E-state index contributed by atoms with van der Waals surface area (Å²) in [6.45, 7) is 0. The SMILES string of the molecule is Fc1ccc(/C=C/Cl)cc1. The molecule has 0 aliphatic carbocycles. The summed E-state index contributed by atoms with van der Waals surface area (Å²) < 4.78 is 12.3. The van der Waals surface area contributed by atoms with E-state index in [4.69, 9.17) is 11.6 Å². The molecule has 0 atom stereocenters. The van der Waals surface area contributed by atoms with Crippen LogP contribution in [-0.2, 0) is 0 Å². The second-order valence-electron chi connectivity index (χ2n) is 1.84. The maximum absolute atomic E-state index is 12.3. The van der Waals surface area contributed by atoms with Crippen molar-refractivity contribution in [2.45, 2.75) is 0 Å². The third-order valence-electron chi connectivity index (χ3n) is 1.13. The van der Waals surface area contributed by atoms with E-state index in [9.17, 15) is 4.39 Å². The Hall–Kier alpha value is -0.820. The van der Waals surface area contributed by atoms with E-state index in [-0.39, 0.29) is 5.82 Å². The minimum absolute atomic E-state index is 0.230. The van der Waals surface area contributed by atoms with Crippen LogP contribution in [0.4, 0.5) is 4.39 Å². The van der Waals surface area contributed by atoms with E-state index in [2.05, 4.69) is 0 Å². The van der Waals surface area contributed by atoms with Crippen LogP contribution >= 0.6 is 11.6 Å². The van der Waals surface area contributed by atoms with Crippen LogP contribution in [0.15, 0.2) is 29.8 Å². The predicted molar refractivity (Wildman–Crippen MR) is 41.3 cm³/mol. The van der Waals surface area contributed by atoms with Crippen molar-refractivity contribution in [3.63, 3.8) is 0 Å². The normalized spacial score (nSPS) is 10.6. The van der Waals surface area contributed by atoms with Crippen LogP contribution in [0.1, 0.15) is 5.56 Å². The van der Waals surface area contributed by atoms with Gasteiger partial charge in [0, 0.05) is 5.54 Å². The molecular formula is C8H6ClF. The summed E-state index contributed by atoms with van der Waals surface area (Å²) in [5.41, 5.74) is 2.30. The van der Waals surface area contributed by atoms with E-state index in [0.717, 1.165) is 5.56 Å². The fraction of sp³-hybridized carbons (Fsp3) is 0. The molecule has 10 heavy (non-hydrogen) atoms. The molecule has 1 aromatic carbocycles. The van der Waals surface area contributed by atoms with Crippen LogP contribution in [0.3, 0.4) is 0 Å². The summed E-state index contributed by atoms with van der Waals surface area (Å²) in [7, 11) is 0. The molecule has 0 spiro atoms. The average molecular weight is 157 g/mol. The maximum Gasteiger partial charge on any atom is 0.123 e. The van der Waals surface area contributed by atoms with Crippen LogP contribution in [0.2, 0.25) is 0 Å². The fourth-order valence-corrected chi connectivity index (χ4v) is 0.792. The van der Waals surface area contributed by atoms with Gasteiger partial charge < -0.3 is 0 Å². The van der Waals surface area contributed by atoms with E-state index in [1.165, 1.54) is 17.7 Å². The Morgan fingerprint density at radius 1 is 1.20 bits per heavy atom. The Morgan fingerprint density at radius 3 is 2.30 bits per heavy atom. The first-order valence-electron chi connectivity index (χ1n) is 2.85. The Kier molecular flexibility index (Phi) is 2.46. The number of halogens is 2. The third kappa shape index (κ3) is 1.85. The summed E-state index contributed by atoms with van der Waals surface area (Å²) in [6.07, 6.45) is 1.70. The first-order chi connectivity index (χ1) is 4.83. The highest BCUT2D eigenvalue weighted by Gasteiger charge is 1.86. The summed E-state index contributed by atoms with van der Waals surface area (Å²) >= 11 is 5.30. The molecule has 0 saturated heterocycles. The highest BCUT2D eigenvalue weighted by Crippen LogP contribution is 2.04. The van der Waals surface area contributed by atoms with E-state index < -0.39 is 0 Å². The molecule has 2 heteroatoms. The zero-order valence-corrected chi connectivity index (χ0v) is 5.98. The lowest BCUT2D eigenvalue weighted by Crippen LogP contribution is -1.72. The van der Waals surface area contributed by atoms with Gasteiger partial charge in [-0.05, 0) is 23.8 Å². The van der Waals surface area contributed by atoms with Crippen molar-refractivity contribution in [2.75, 3.05) is 0 Å². The lowest BCUT2D eigenvalue weighted by Gasteiger charge is -1.89. The van der Waals surface area contributed by atoms with Gasteiger partial charge >= 0.3 is 0 Å². The van der Waals surface area contributed by atoms with E-state index in [1.807, 2.05) is 0 Å². The number of rotatable bonds is 1. The summed E-state index contributed by atoms with van der Waals surface area (Å²) in [6, 6.07) is 6.11. The minimum atomic E-state index is -0.230. The summed E-state index contributed by atoms with van der Waals surface area (Å²) in [4.78, 5) is 0. The largest absolute Gasteiger partial charge is 0.207 e. The lowest BCUT2D eigenvalue weighted by molar-refractivity contribution is 0.628. The Labute approximate surface area is 63.9 Å². The van der Waals surface area contributed by atoms with Gasteiger partial charge in [0.1, 0.15) is 5.82 Å². The fourth-order valence-electron chi connectivity index (χ4n) is 0.647. The zero-order chi connectivity index (χ0) is 7.40. The van der Waals surface area contributed by atoms with E-state index >= 15 is 0 Å². The topological polar surface area (TPSA) is 0 Å².